The number of hydrogen-bond acceptors (Lipinski definition) is 3. The third kappa shape index (κ3) is 2.88. The van der Waals surface area contributed by atoms with Gasteiger partial charge in [0.15, 0.2) is 0 Å². The summed E-state index contributed by atoms with van der Waals surface area (Å²) in [5, 5.41) is 20.6. The minimum absolute atomic E-state index is 0. The zero-order valence-electron chi connectivity index (χ0n) is 5.79. The molecule has 0 aromatic heterocycles. The maximum Gasteiger partial charge on any atom is 0.454 e. The molecule has 1 saturated heterocycles. The maximum atomic E-state index is 8.70. The van der Waals surface area contributed by atoms with E-state index in [1.807, 2.05) is 0 Å². The van der Waals surface area contributed by atoms with Gasteiger partial charge in [-0.2, -0.15) is 0 Å². The minimum atomic E-state index is -1.10. The number of rotatable bonds is 1. The molecule has 10 heavy (non-hydrogen) atoms. The van der Waals surface area contributed by atoms with Crippen molar-refractivity contribution in [2.45, 2.75) is 18.7 Å². The second-order valence-electron chi connectivity index (χ2n) is 2.50. The molecular weight excluding hydrogens is 152 g/mol. The molecule has 0 aromatic rings. The Hall–Kier alpha value is 0.235. The Kier molecular flexibility index (Phi) is 5.08. The molecule has 1 aliphatic rings. The smallest absolute Gasteiger partial charge is 0.427 e. The predicted molar refractivity (Wildman–Crippen MR) is 43.3 cm³/mol. The molecule has 0 radical (unpaired) electrons. The van der Waals surface area contributed by atoms with Crippen molar-refractivity contribution in [3.05, 3.63) is 0 Å². The molecule has 0 atom stereocenters. The van der Waals surface area contributed by atoms with Crippen LogP contribution in [0.5, 0.6) is 0 Å². The predicted octanol–water partition coefficient (Wildman–Crippen LogP) is -0.365. The zero-order chi connectivity index (χ0) is 6.69. The van der Waals surface area contributed by atoms with Crippen LogP contribution in [0.15, 0.2) is 0 Å². The fourth-order valence-electron chi connectivity index (χ4n) is 1.14. The van der Waals surface area contributed by atoms with Crippen LogP contribution in [0.25, 0.3) is 0 Å². The Balaban J connectivity index is 0.000000810. The fraction of sp³-hybridized carbons (Fsp3) is 1.00. The quantitative estimate of drug-likeness (QED) is 0.465. The van der Waals surface area contributed by atoms with Crippen molar-refractivity contribution in [1.29, 1.82) is 0 Å². The summed E-state index contributed by atoms with van der Waals surface area (Å²) < 4.78 is 0. The van der Waals surface area contributed by atoms with E-state index in [0.717, 1.165) is 25.9 Å². The van der Waals surface area contributed by atoms with Crippen LogP contribution in [-0.2, 0) is 0 Å². The third-order valence-electron chi connectivity index (χ3n) is 1.81. The summed E-state index contributed by atoms with van der Waals surface area (Å²) in [5.74, 6) is 0.103. The largest absolute Gasteiger partial charge is 0.454 e. The molecule has 1 heterocycles. The zero-order valence-corrected chi connectivity index (χ0v) is 6.60. The molecule has 1 rings (SSSR count). The van der Waals surface area contributed by atoms with Crippen LogP contribution in [0.2, 0.25) is 5.82 Å². The highest BCUT2D eigenvalue weighted by molar-refractivity contribution is 6.43. The molecule has 1 fully saturated rings. The van der Waals surface area contributed by atoms with E-state index in [0.29, 0.717) is 0 Å². The molecule has 0 spiro atoms. The van der Waals surface area contributed by atoms with E-state index < -0.39 is 7.12 Å². The van der Waals surface area contributed by atoms with Gasteiger partial charge in [0.25, 0.3) is 0 Å². The maximum absolute atomic E-state index is 8.70. The normalized spacial score (nSPS) is 19.8. The number of halogens is 1. The van der Waals surface area contributed by atoms with E-state index >= 15 is 0 Å². The van der Waals surface area contributed by atoms with Crippen molar-refractivity contribution in [3.8, 4) is 0 Å². The molecule has 0 bridgehead atoms. The van der Waals surface area contributed by atoms with E-state index in [1.165, 1.54) is 0 Å². The van der Waals surface area contributed by atoms with Crippen LogP contribution in [0, 0.1) is 0 Å². The van der Waals surface area contributed by atoms with Gasteiger partial charge in [-0.15, -0.1) is 12.4 Å². The average Bonchev–Trinajstić information content (AvgIpc) is 1.90. The second-order valence-corrected chi connectivity index (χ2v) is 2.50. The molecule has 3 N–H and O–H groups in total. The molecule has 0 aliphatic carbocycles. The van der Waals surface area contributed by atoms with Gasteiger partial charge in [0.1, 0.15) is 0 Å². The molecule has 0 aromatic carbocycles. The molecule has 5 heteroatoms. The minimum Gasteiger partial charge on any atom is -0.427 e. The van der Waals surface area contributed by atoms with Crippen LogP contribution in [-0.4, -0.2) is 30.3 Å². The lowest BCUT2D eigenvalue weighted by atomic mass is 9.68. The first-order valence-corrected chi connectivity index (χ1v) is 3.37. The Morgan fingerprint density at radius 2 is 1.70 bits per heavy atom. The lowest BCUT2D eigenvalue weighted by molar-refractivity contribution is 0.356. The van der Waals surface area contributed by atoms with Gasteiger partial charge in [0.2, 0.25) is 0 Å². The van der Waals surface area contributed by atoms with Crippen LogP contribution in [0.3, 0.4) is 0 Å². The molecule has 1 aliphatic heterocycles. The van der Waals surface area contributed by atoms with Crippen molar-refractivity contribution >= 4 is 19.5 Å². The van der Waals surface area contributed by atoms with Gasteiger partial charge in [-0.05, 0) is 31.7 Å². The van der Waals surface area contributed by atoms with Gasteiger partial charge in [0.05, 0.1) is 0 Å². The molecule has 0 unspecified atom stereocenters. The number of piperidine rings is 1. The van der Waals surface area contributed by atoms with Crippen molar-refractivity contribution in [1.82, 2.24) is 5.32 Å². The number of hydrogen-bond donors (Lipinski definition) is 3. The Labute approximate surface area is 67.4 Å². The van der Waals surface area contributed by atoms with Gasteiger partial charge in [-0.1, -0.05) is 0 Å². The van der Waals surface area contributed by atoms with Gasteiger partial charge >= 0.3 is 7.12 Å². The van der Waals surface area contributed by atoms with Crippen LogP contribution in [0.4, 0.5) is 0 Å². The summed E-state index contributed by atoms with van der Waals surface area (Å²) in [7, 11) is -1.10. The SMILES string of the molecule is Cl.OB(O)C1CCNCC1. The second kappa shape index (κ2) is 4.96. The molecule has 60 valence electrons. The van der Waals surface area contributed by atoms with Crippen LogP contribution >= 0.6 is 12.4 Å². The van der Waals surface area contributed by atoms with Gasteiger partial charge in [-0.25, -0.2) is 0 Å². The topological polar surface area (TPSA) is 52.5 Å². The highest BCUT2D eigenvalue weighted by Gasteiger charge is 2.24. The van der Waals surface area contributed by atoms with Crippen molar-refractivity contribution in [2.75, 3.05) is 13.1 Å². The van der Waals surface area contributed by atoms with E-state index in [4.69, 9.17) is 10.0 Å². The molecule has 3 nitrogen and oxygen atoms in total. The fourth-order valence-corrected chi connectivity index (χ4v) is 1.14. The first kappa shape index (κ1) is 10.2. The Bertz CT molecular complexity index is 87.7. The van der Waals surface area contributed by atoms with E-state index in [-0.39, 0.29) is 18.2 Å². The lowest BCUT2D eigenvalue weighted by Gasteiger charge is -2.20. The highest BCUT2D eigenvalue weighted by atomic mass is 35.5. The molecular formula is C5H13BClNO2. The summed E-state index contributed by atoms with van der Waals surface area (Å²) in [6, 6.07) is 0. The van der Waals surface area contributed by atoms with Crippen molar-refractivity contribution < 1.29 is 10.0 Å². The third-order valence-corrected chi connectivity index (χ3v) is 1.81. The van der Waals surface area contributed by atoms with Gasteiger partial charge in [0, 0.05) is 0 Å². The number of nitrogens with one attached hydrogen (secondary N) is 1. The van der Waals surface area contributed by atoms with Crippen LogP contribution < -0.4 is 5.32 Å². The lowest BCUT2D eigenvalue weighted by Crippen LogP contribution is -2.32. The summed E-state index contributed by atoms with van der Waals surface area (Å²) >= 11 is 0. The van der Waals surface area contributed by atoms with Gasteiger partial charge < -0.3 is 15.4 Å². The monoisotopic (exact) mass is 165 g/mol. The summed E-state index contributed by atoms with van der Waals surface area (Å²) in [4.78, 5) is 0. The Morgan fingerprint density at radius 1 is 1.20 bits per heavy atom. The van der Waals surface area contributed by atoms with Crippen molar-refractivity contribution in [2.24, 2.45) is 0 Å². The summed E-state index contributed by atoms with van der Waals surface area (Å²) in [5.41, 5.74) is 0. The highest BCUT2D eigenvalue weighted by Crippen LogP contribution is 2.18. The molecule has 0 saturated carbocycles. The summed E-state index contributed by atoms with van der Waals surface area (Å²) in [6.07, 6.45) is 1.77. The first-order chi connectivity index (χ1) is 4.30. The average molecular weight is 165 g/mol. The van der Waals surface area contributed by atoms with E-state index in [1.54, 1.807) is 0 Å². The standard InChI is InChI=1S/C5H12BNO2.ClH/c8-6(9)5-1-3-7-4-2-5;/h5,7-9H,1-4H2;1H. The van der Waals surface area contributed by atoms with Crippen molar-refractivity contribution in [3.63, 3.8) is 0 Å². The van der Waals surface area contributed by atoms with E-state index in [9.17, 15) is 0 Å². The molecule has 0 amide bonds. The Morgan fingerprint density at radius 3 is 2.00 bits per heavy atom. The van der Waals surface area contributed by atoms with Gasteiger partial charge in [-0.3, -0.25) is 0 Å². The first-order valence-electron chi connectivity index (χ1n) is 3.37. The van der Waals surface area contributed by atoms with E-state index in [2.05, 4.69) is 5.32 Å². The summed E-state index contributed by atoms with van der Waals surface area (Å²) in [6.45, 7) is 1.84. The van der Waals surface area contributed by atoms with Crippen LogP contribution in [0.1, 0.15) is 12.8 Å².